The monoisotopic (exact) mass is 184 g/mol. The highest BCUT2D eigenvalue weighted by Gasteiger charge is 2.38. The molecule has 0 amide bonds. The summed E-state index contributed by atoms with van der Waals surface area (Å²) in [6.45, 7) is 2.19. The van der Waals surface area contributed by atoms with Gasteiger partial charge in [0.25, 0.3) is 0 Å². The molecule has 2 rings (SSSR count). The molecule has 4 heteroatoms. The summed E-state index contributed by atoms with van der Waals surface area (Å²) >= 11 is 1.52. The van der Waals surface area contributed by atoms with Crippen LogP contribution in [0.5, 0.6) is 0 Å². The van der Waals surface area contributed by atoms with Crippen molar-refractivity contribution in [2.45, 2.75) is 36.8 Å². The fraction of sp³-hybridized carbons (Fsp3) is 0.750. The van der Waals surface area contributed by atoms with E-state index in [4.69, 9.17) is 4.52 Å². The first-order valence-corrected chi connectivity index (χ1v) is 5.35. The summed E-state index contributed by atoms with van der Waals surface area (Å²) in [6.07, 6.45) is 5.61. The van der Waals surface area contributed by atoms with Gasteiger partial charge in [-0.15, -0.1) is 0 Å². The third-order valence-electron chi connectivity index (χ3n) is 2.56. The second-order valence-electron chi connectivity index (χ2n) is 3.50. The SMILES string of the molecule is CSc1noc(C2(C)CCC2)n1. The van der Waals surface area contributed by atoms with E-state index in [2.05, 4.69) is 17.1 Å². The summed E-state index contributed by atoms with van der Waals surface area (Å²) in [5, 5.41) is 4.61. The van der Waals surface area contributed by atoms with Gasteiger partial charge in [0.05, 0.1) is 0 Å². The zero-order valence-electron chi connectivity index (χ0n) is 7.33. The number of hydrogen-bond donors (Lipinski definition) is 0. The lowest BCUT2D eigenvalue weighted by atomic mass is 9.70. The van der Waals surface area contributed by atoms with Crippen LogP contribution in [-0.2, 0) is 5.41 Å². The van der Waals surface area contributed by atoms with Crippen LogP contribution in [0.4, 0.5) is 0 Å². The Bertz CT molecular complexity index is 280. The summed E-state index contributed by atoms with van der Waals surface area (Å²) in [7, 11) is 0. The minimum Gasteiger partial charge on any atom is -0.338 e. The maximum absolute atomic E-state index is 5.18. The van der Waals surface area contributed by atoms with Gasteiger partial charge in [0.2, 0.25) is 11.0 Å². The van der Waals surface area contributed by atoms with E-state index in [1.165, 1.54) is 31.0 Å². The van der Waals surface area contributed by atoms with Crippen LogP contribution >= 0.6 is 11.8 Å². The summed E-state index contributed by atoms with van der Waals surface area (Å²) in [4.78, 5) is 4.31. The first kappa shape index (κ1) is 8.10. The Morgan fingerprint density at radius 2 is 2.25 bits per heavy atom. The lowest BCUT2D eigenvalue weighted by Crippen LogP contribution is -2.30. The van der Waals surface area contributed by atoms with E-state index in [1.807, 2.05) is 6.26 Å². The van der Waals surface area contributed by atoms with Crippen LogP contribution in [0.25, 0.3) is 0 Å². The predicted octanol–water partition coefficient (Wildman–Crippen LogP) is 2.23. The van der Waals surface area contributed by atoms with E-state index in [9.17, 15) is 0 Å². The van der Waals surface area contributed by atoms with Crippen molar-refractivity contribution in [2.75, 3.05) is 6.26 Å². The molecule has 0 aromatic carbocycles. The van der Waals surface area contributed by atoms with Crippen molar-refractivity contribution >= 4 is 11.8 Å². The van der Waals surface area contributed by atoms with Crippen molar-refractivity contribution in [3.63, 3.8) is 0 Å². The van der Waals surface area contributed by atoms with Gasteiger partial charge in [0, 0.05) is 5.41 Å². The molecule has 0 saturated heterocycles. The van der Waals surface area contributed by atoms with Gasteiger partial charge in [-0.25, -0.2) is 0 Å². The van der Waals surface area contributed by atoms with Crippen molar-refractivity contribution in [2.24, 2.45) is 0 Å². The molecule has 1 aliphatic carbocycles. The molecule has 1 saturated carbocycles. The molecular weight excluding hydrogens is 172 g/mol. The summed E-state index contributed by atoms with van der Waals surface area (Å²) < 4.78 is 5.18. The minimum atomic E-state index is 0.182. The third kappa shape index (κ3) is 1.14. The van der Waals surface area contributed by atoms with Crippen LogP contribution in [-0.4, -0.2) is 16.4 Å². The van der Waals surface area contributed by atoms with E-state index >= 15 is 0 Å². The van der Waals surface area contributed by atoms with E-state index in [0.29, 0.717) is 0 Å². The van der Waals surface area contributed by atoms with E-state index in [0.717, 1.165) is 11.0 Å². The van der Waals surface area contributed by atoms with Crippen molar-refractivity contribution in [1.82, 2.24) is 10.1 Å². The van der Waals surface area contributed by atoms with Gasteiger partial charge < -0.3 is 4.52 Å². The van der Waals surface area contributed by atoms with Gasteiger partial charge >= 0.3 is 0 Å². The smallest absolute Gasteiger partial charge is 0.233 e. The van der Waals surface area contributed by atoms with Crippen LogP contribution in [0.2, 0.25) is 0 Å². The maximum atomic E-state index is 5.18. The molecule has 0 unspecified atom stereocenters. The molecule has 1 heterocycles. The minimum absolute atomic E-state index is 0.182. The maximum Gasteiger partial charge on any atom is 0.233 e. The summed E-state index contributed by atoms with van der Waals surface area (Å²) in [5.74, 6) is 0.818. The molecule has 12 heavy (non-hydrogen) atoms. The van der Waals surface area contributed by atoms with Gasteiger partial charge in [0.1, 0.15) is 0 Å². The number of hydrogen-bond acceptors (Lipinski definition) is 4. The first-order valence-electron chi connectivity index (χ1n) is 4.13. The summed E-state index contributed by atoms with van der Waals surface area (Å²) in [6, 6.07) is 0. The van der Waals surface area contributed by atoms with Crippen molar-refractivity contribution in [1.29, 1.82) is 0 Å². The average molecular weight is 184 g/mol. The lowest BCUT2D eigenvalue weighted by molar-refractivity contribution is 0.194. The molecule has 0 radical (unpaired) electrons. The average Bonchev–Trinajstić information content (AvgIpc) is 2.48. The quantitative estimate of drug-likeness (QED) is 0.661. The molecule has 0 bridgehead atoms. The Balaban J connectivity index is 2.22. The largest absolute Gasteiger partial charge is 0.338 e. The molecule has 1 aromatic heterocycles. The highest BCUT2D eigenvalue weighted by atomic mass is 32.2. The molecule has 1 aromatic rings. The van der Waals surface area contributed by atoms with Crippen LogP contribution < -0.4 is 0 Å². The van der Waals surface area contributed by atoms with Gasteiger partial charge in [-0.2, -0.15) is 4.98 Å². The normalized spacial score (nSPS) is 20.5. The van der Waals surface area contributed by atoms with Crippen LogP contribution in [0, 0.1) is 0 Å². The first-order chi connectivity index (χ1) is 5.74. The van der Waals surface area contributed by atoms with Crippen molar-refractivity contribution < 1.29 is 4.52 Å². The lowest BCUT2D eigenvalue weighted by Gasteiger charge is -2.34. The van der Waals surface area contributed by atoms with Gasteiger partial charge in [0.15, 0.2) is 0 Å². The molecule has 1 aliphatic rings. The van der Waals surface area contributed by atoms with Crippen LogP contribution in [0.3, 0.4) is 0 Å². The van der Waals surface area contributed by atoms with Crippen molar-refractivity contribution in [3.8, 4) is 0 Å². The van der Waals surface area contributed by atoms with E-state index in [-0.39, 0.29) is 5.41 Å². The predicted molar refractivity (Wildman–Crippen MR) is 47.3 cm³/mol. The fourth-order valence-electron chi connectivity index (χ4n) is 1.46. The number of rotatable bonds is 2. The summed E-state index contributed by atoms with van der Waals surface area (Å²) in [5.41, 5.74) is 0.182. The Kier molecular flexibility index (Phi) is 1.87. The second kappa shape index (κ2) is 2.76. The Hall–Kier alpha value is -0.510. The molecule has 3 nitrogen and oxygen atoms in total. The topological polar surface area (TPSA) is 38.9 Å². The Morgan fingerprint density at radius 3 is 2.67 bits per heavy atom. The van der Waals surface area contributed by atoms with Crippen LogP contribution in [0.1, 0.15) is 32.1 Å². The number of nitrogens with zero attached hydrogens (tertiary/aromatic N) is 2. The Labute approximate surface area is 75.9 Å². The fourth-order valence-corrected chi connectivity index (χ4v) is 1.75. The van der Waals surface area contributed by atoms with E-state index < -0.39 is 0 Å². The van der Waals surface area contributed by atoms with Gasteiger partial charge in [-0.1, -0.05) is 30.3 Å². The molecule has 0 spiro atoms. The third-order valence-corrected chi connectivity index (χ3v) is 3.09. The molecule has 0 atom stereocenters. The van der Waals surface area contributed by atoms with Crippen LogP contribution in [0.15, 0.2) is 9.68 Å². The number of aromatic nitrogens is 2. The van der Waals surface area contributed by atoms with Gasteiger partial charge in [-0.3, -0.25) is 0 Å². The molecule has 1 fully saturated rings. The van der Waals surface area contributed by atoms with Crippen molar-refractivity contribution in [3.05, 3.63) is 5.89 Å². The van der Waals surface area contributed by atoms with Gasteiger partial charge in [-0.05, 0) is 19.1 Å². The Morgan fingerprint density at radius 1 is 1.50 bits per heavy atom. The zero-order valence-corrected chi connectivity index (χ0v) is 8.15. The molecule has 0 N–H and O–H groups in total. The number of thioether (sulfide) groups is 1. The highest BCUT2D eigenvalue weighted by Crippen LogP contribution is 2.42. The zero-order chi connectivity index (χ0) is 8.60. The highest BCUT2D eigenvalue weighted by molar-refractivity contribution is 7.98. The van der Waals surface area contributed by atoms with E-state index in [1.54, 1.807) is 0 Å². The molecule has 0 aliphatic heterocycles. The molecule has 66 valence electrons. The molecular formula is C8H12N2OS. The second-order valence-corrected chi connectivity index (χ2v) is 4.27. The standard InChI is InChI=1S/C8H12N2OS/c1-8(4-3-5-8)6-9-7(12-2)10-11-6/h3-5H2,1-2H3.